The standard InChI is InChI=1S/C15H25NO/c17-15(14-7-3-1-2-4-8-14)10-9-13-6-5-11-16-12-13/h7,13,16H,1-6,8-12H2. The van der Waals surface area contributed by atoms with Gasteiger partial charge in [-0.15, -0.1) is 0 Å². The van der Waals surface area contributed by atoms with Crippen LogP contribution in [0.3, 0.4) is 0 Å². The van der Waals surface area contributed by atoms with Crippen LogP contribution < -0.4 is 5.32 Å². The monoisotopic (exact) mass is 235 g/mol. The van der Waals surface area contributed by atoms with Gasteiger partial charge in [0.15, 0.2) is 5.78 Å². The van der Waals surface area contributed by atoms with Crippen molar-refractivity contribution in [3.05, 3.63) is 11.6 Å². The Balaban J connectivity index is 1.73. The Hall–Kier alpha value is -0.630. The second-order valence-electron chi connectivity index (χ2n) is 5.50. The van der Waals surface area contributed by atoms with Crippen molar-refractivity contribution in [2.75, 3.05) is 13.1 Å². The van der Waals surface area contributed by atoms with Gasteiger partial charge in [-0.25, -0.2) is 0 Å². The summed E-state index contributed by atoms with van der Waals surface area (Å²) in [4.78, 5) is 12.1. The zero-order chi connectivity index (χ0) is 11.9. The lowest BCUT2D eigenvalue weighted by molar-refractivity contribution is -0.116. The van der Waals surface area contributed by atoms with E-state index < -0.39 is 0 Å². The quantitative estimate of drug-likeness (QED) is 0.810. The van der Waals surface area contributed by atoms with Crippen molar-refractivity contribution in [3.63, 3.8) is 0 Å². The second-order valence-corrected chi connectivity index (χ2v) is 5.50. The van der Waals surface area contributed by atoms with E-state index in [1.807, 2.05) is 0 Å². The molecule has 2 heteroatoms. The molecule has 96 valence electrons. The molecular formula is C15H25NO. The highest BCUT2D eigenvalue weighted by atomic mass is 16.1. The average molecular weight is 235 g/mol. The first kappa shape index (κ1) is 12.8. The first-order valence-corrected chi connectivity index (χ1v) is 7.29. The molecule has 0 aromatic rings. The lowest BCUT2D eigenvalue weighted by atomic mass is 9.91. The minimum absolute atomic E-state index is 0.428. The first-order chi connectivity index (χ1) is 8.36. The van der Waals surface area contributed by atoms with E-state index in [4.69, 9.17) is 0 Å². The van der Waals surface area contributed by atoms with Crippen LogP contribution in [0.15, 0.2) is 11.6 Å². The highest BCUT2D eigenvalue weighted by molar-refractivity contribution is 5.95. The summed E-state index contributed by atoms with van der Waals surface area (Å²) < 4.78 is 0. The molecule has 2 aliphatic rings. The molecule has 0 saturated carbocycles. The van der Waals surface area contributed by atoms with Gasteiger partial charge in [0.1, 0.15) is 0 Å². The maximum atomic E-state index is 12.1. The number of rotatable bonds is 4. The Labute approximate surface area is 105 Å². The van der Waals surface area contributed by atoms with Crippen LogP contribution in [0.25, 0.3) is 0 Å². The molecule has 1 aliphatic carbocycles. The average Bonchev–Trinajstić information content (AvgIpc) is 2.66. The van der Waals surface area contributed by atoms with Gasteiger partial charge in [-0.2, -0.15) is 0 Å². The molecule has 1 unspecified atom stereocenters. The lowest BCUT2D eigenvalue weighted by Crippen LogP contribution is -2.30. The van der Waals surface area contributed by atoms with Crippen molar-refractivity contribution in [2.45, 2.75) is 57.8 Å². The van der Waals surface area contributed by atoms with Crippen molar-refractivity contribution in [2.24, 2.45) is 5.92 Å². The summed E-state index contributed by atoms with van der Waals surface area (Å²) in [7, 11) is 0. The van der Waals surface area contributed by atoms with E-state index in [9.17, 15) is 4.79 Å². The fraction of sp³-hybridized carbons (Fsp3) is 0.800. The number of carbonyl (C=O) groups excluding carboxylic acids is 1. The Morgan fingerprint density at radius 3 is 3.06 bits per heavy atom. The third-order valence-electron chi connectivity index (χ3n) is 4.08. The van der Waals surface area contributed by atoms with Crippen molar-refractivity contribution >= 4 is 5.78 Å². The number of hydrogen-bond donors (Lipinski definition) is 1. The van der Waals surface area contributed by atoms with E-state index in [1.165, 1.54) is 32.1 Å². The normalized spacial score (nSPS) is 26.1. The second kappa shape index (κ2) is 6.95. The fourth-order valence-electron chi connectivity index (χ4n) is 2.93. The minimum atomic E-state index is 0.428. The van der Waals surface area contributed by atoms with Gasteiger partial charge in [-0.05, 0) is 69.5 Å². The molecule has 0 bridgehead atoms. The van der Waals surface area contributed by atoms with Gasteiger partial charge in [-0.3, -0.25) is 4.79 Å². The number of hydrogen-bond acceptors (Lipinski definition) is 2. The number of allylic oxidation sites excluding steroid dienone is 2. The summed E-state index contributed by atoms with van der Waals surface area (Å²) in [5.74, 6) is 1.16. The molecule has 1 N–H and O–H groups in total. The maximum absolute atomic E-state index is 12.1. The summed E-state index contributed by atoms with van der Waals surface area (Å²) in [5, 5.41) is 3.42. The summed E-state index contributed by atoms with van der Waals surface area (Å²) in [6.07, 6.45) is 12.6. The van der Waals surface area contributed by atoms with Crippen LogP contribution >= 0.6 is 0 Å². The van der Waals surface area contributed by atoms with E-state index in [2.05, 4.69) is 11.4 Å². The van der Waals surface area contributed by atoms with E-state index in [1.54, 1.807) is 0 Å². The molecule has 17 heavy (non-hydrogen) atoms. The van der Waals surface area contributed by atoms with Crippen LogP contribution in [-0.2, 0) is 4.79 Å². The summed E-state index contributed by atoms with van der Waals surface area (Å²) in [6, 6.07) is 0. The topological polar surface area (TPSA) is 29.1 Å². The predicted octanol–water partition coefficient (Wildman–Crippen LogP) is 3.23. The van der Waals surface area contributed by atoms with Crippen molar-refractivity contribution < 1.29 is 4.79 Å². The smallest absolute Gasteiger partial charge is 0.158 e. The van der Waals surface area contributed by atoms with Crippen molar-refractivity contribution in [1.82, 2.24) is 5.32 Å². The molecule has 0 spiro atoms. The minimum Gasteiger partial charge on any atom is -0.316 e. The number of piperidine rings is 1. The zero-order valence-corrected chi connectivity index (χ0v) is 10.8. The Morgan fingerprint density at radius 2 is 2.24 bits per heavy atom. The molecule has 2 rings (SSSR count). The third kappa shape index (κ3) is 4.27. The molecule has 2 nitrogen and oxygen atoms in total. The summed E-state index contributed by atoms with van der Waals surface area (Å²) >= 11 is 0. The molecule has 1 heterocycles. The molecule has 1 saturated heterocycles. The third-order valence-corrected chi connectivity index (χ3v) is 4.08. The van der Waals surface area contributed by atoms with E-state index in [0.717, 1.165) is 50.3 Å². The van der Waals surface area contributed by atoms with Crippen LogP contribution in [0.2, 0.25) is 0 Å². The maximum Gasteiger partial charge on any atom is 0.158 e. The first-order valence-electron chi connectivity index (χ1n) is 7.29. The van der Waals surface area contributed by atoms with Gasteiger partial charge >= 0.3 is 0 Å². The van der Waals surface area contributed by atoms with Crippen LogP contribution in [0.5, 0.6) is 0 Å². The SMILES string of the molecule is O=C(CCC1CCCNC1)C1=CCCCCC1. The van der Waals surface area contributed by atoms with Gasteiger partial charge in [0, 0.05) is 6.42 Å². The number of Topliss-reactive ketones (excluding diaryl/α,β-unsaturated/α-hetero) is 1. The predicted molar refractivity (Wildman–Crippen MR) is 71.0 cm³/mol. The molecule has 0 amide bonds. The Morgan fingerprint density at radius 1 is 1.29 bits per heavy atom. The van der Waals surface area contributed by atoms with Crippen LogP contribution in [0.4, 0.5) is 0 Å². The van der Waals surface area contributed by atoms with E-state index >= 15 is 0 Å². The molecule has 1 atom stereocenters. The van der Waals surface area contributed by atoms with Gasteiger partial charge < -0.3 is 5.32 Å². The van der Waals surface area contributed by atoms with Gasteiger partial charge in [0.05, 0.1) is 0 Å². The molecule has 0 radical (unpaired) electrons. The molecule has 1 aliphatic heterocycles. The number of ketones is 1. The summed E-state index contributed by atoms with van der Waals surface area (Å²) in [6.45, 7) is 2.28. The molecular weight excluding hydrogens is 210 g/mol. The van der Waals surface area contributed by atoms with Crippen LogP contribution in [0.1, 0.15) is 57.8 Å². The highest BCUT2D eigenvalue weighted by Gasteiger charge is 2.16. The van der Waals surface area contributed by atoms with Crippen molar-refractivity contribution in [1.29, 1.82) is 0 Å². The van der Waals surface area contributed by atoms with Gasteiger partial charge in [0.25, 0.3) is 0 Å². The van der Waals surface area contributed by atoms with Gasteiger partial charge in [0.2, 0.25) is 0 Å². The Bertz CT molecular complexity index is 277. The molecule has 1 fully saturated rings. The number of nitrogens with one attached hydrogen (secondary N) is 1. The van der Waals surface area contributed by atoms with Crippen LogP contribution in [0, 0.1) is 5.92 Å². The van der Waals surface area contributed by atoms with E-state index in [0.29, 0.717) is 5.78 Å². The van der Waals surface area contributed by atoms with Crippen LogP contribution in [-0.4, -0.2) is 18.9 Å². The van der Waals surface area contributed by atoms with E-state index in [-0.39, 0.29) is 0 Å². The largest absolute Gasteiger partial charge is 0.316 e. The summed E-state index contributed by atoms with van der Waals surface area (Å²) in [5.41, 5.74) is 1.13. The lowest BCUT2D eigenvalue weighted by Gasteiger charge is -2.22. The van der Waals surface area contributed by atoms with Crippen molar-refractivity contribution in [3.8, 4) is 0 Å². The number of carbonyl (C=O) groups is 1. The fourth-order valence-corrected chi connectivity index (χ4v) is 2.93. The van der Waals surface area contributed by atoms with Gasteiger partial charge in [-0.1, -0.05) is 12.5 Å². The zero-order valence-electron chi connectivity index (χ0n) is 10.8. The highest BCUT2D eigenvalue weighted by Crippen LogP contribution is 2.22. The molecule has 0 aromatic carbocycles. The Kier molecular flexibility index (Phi) is 5.24. The molecule has 0 aromatic heterocycles.